The number of nitrogens with one attached hydrogen (secondary N) is 3. The van der Waals surface area contributed by atoms with E-state index in [9.17, 15) is 9.18 Å². The van der Waals surface area contributed by atoms with Gasteiger partial charge in [-0.05, 0) is 92.4 Å². The summed E-state index contributed by atoms with van der Waals surface area (Å²) in [4.78, 5) is 15.1. The van der Waals surface area contributed by atoms with E-state index in [4.69, 9.17) is 0 Å². The van der Waals surface area contributed by atoms with Crippen molar-refractivity contribution in [2.45, 2.75) is 49.7 Å². The summed E-state index contributed by atoms with van der Waals surface area (Å²) in [6.07, 6.45) is 8.68. The van der Waals surface area contributed by atoms with Crippen LogP contribution in [0.4, 0.5) is 10.1 Å². The molecule has 3 fully saturated rings. The minimum absolute atomic E-state index is 0.0649. The SMILES string of the molecule is CN(C)Cc1ccc(/C=C/C2NNC3CC([C@@H]4C[C@@]45C(=O)Nc4ccc(F)cc45)CCC23)cc1. The Bertz CT molecular complexity index is 1130. The first-order valence-corrected chi connectivity index (χ1v) is 12.5. The lowest BCUT2D eigenvalue weighted by atomic mass is 9.73. The first-order chi connectivity index (χ1) is 16.4. The molecule has 4 aliphatic rings. The number of anilines is 1. The summed E-state index contributed by atoms with van der Waals surface area (Å²) in [5.74, 6) is 1.16. The number of hydrogen-bond acceptors (Lipinski definition) is 4. The van der Waals surface area contributed by atoms with Crippen LogP contribution >= 0.6 is 0 Å². The summed E-state index contributed by atoms with van der Waals surface area (Å²) in [5, 5.41) is 3.00. The fourth-order valence-corrected chi connectivity index (χ4v) is 6.78. The Morgan fingerprint density at radius 1 is 1.12 bits per heavy atom. The van der Waals surface area contributed by atoms with E-state index < -0.39 is 5.41 Å². The van der Waals surface area contributed by atoms with Crippen molar-refractivity contribution in [3.8, 4) is 0 Å². The summed E-state index contributed by atoms with van der Waals surface area (Å²) in [6.45, 7) is 0.952. The zero-order chi connectivity index (χ0) is 23.4. The van der Waals surface area contributed by atoms with Crippen LogP contribution in [0.1, 0.15) is 42.4 Å². The zero-order valence-electron chi connectivity index (χ0n) is 19.9. The lowest BCUT2D eigenvalue weighted by molar-refractivity contribution is -0.118. The lowest BCUT2D eigenvalue weighted by Crippen LogP contribution is -2.37. The Kier molecular flexibility index (Phi) is 5.36. The Morgan fingerprint density at radius 3 is 2.74 bits per heavy atom. The highest BCUT2D eigenvalue weighted by Gasteiger charge is 2.67. The van der Waals surface area contributed by atoms with Crippen LogP contribution in [0.15, 0.2) is 48.5 Å². The maximum atomic E-state index is 13.9. The second kappa shape index (κ2) is 8.29. The molecule has 0 radical (unpaired) electrons. The van der Waals surface area contributed by atoms with E-state index >= 15 is 0 Å². The van der Waals surface area contributed by atoms with Gasteiger partial charge in [-0.3, -0.25) is 15.6 Å². The van der Waals surface area contributed by atoms with Crippen molar-refractivity contribution < 1.29 is 9.18 Å². The molecule has 6 rings (SSSR count). The summed E-state index contributed by atoms with van der Waals surface area (Å²) < 4.78 is 13.9. The molecule has 5 nitrogen and oxygen atoms in total. The molecular formula is C28H33FN4O. The molecule has 6 heteroatoms. The largest absolute Gasteiger partial charge is 0.325 e. The third kappa shape index (κ3) is 3.69. The smallest absolute Gasteiger partial charge is 0.235 e. The van der Waals surface area contributed by atoms with Gasteiger partial charge in [0.2, 0.25) is 5.91 Å². The van der Waals surface area contributed by atoms with Crippen molar-refractivity contribution in [2.75, 3.05) is 19.4 Å². The first kappa shape index (κ1) is 22.0. The van der Waals surface area contributed by atoms with Crippen LogP contribution in [-0.2, 0) is 16.8 Å². The van der Waals surface area contributed by atoms with Crippen LogP contribution in [0.3, 0.4) is 0 Å². The molecule has 2 aliphatic heterocycles. The number of rotatable bonds is 5. The monoisotopic (exact) mass is 460 g/mol. The van der Waals surface area contributed by atoms with Crippen molar-refractivity contribution in [1.82, 2.24) is 15.8 Å². The van der Waals surface area contributed by atoms with Gasteiger partial charge in [-0.25, -0.2) is 4.39 Å². The zero-order valence-corrected chi connectivity index (χ0v) is 19.9. The van der Waals surface area contributed by atoms with Crippen molar-refractivity contribution in [3.63, 3.8) is 0 Å². The van der Waals surface area contributed by atoms with Gasteiger partial charge in [-0.2, -0.15) is 0 Å². The molecule has 6 atom stereocenters. The van der Waals surface area contributed by atoms with Gasteiger partial charge in [0.05, 0.1) is 5.41 Å². The number of hydrazine groups is 1. The van der Waals surface area contributed by atoms with Gasteiger partial charge in [0.25, 0.3) is 0 Å². The van der Waals surface area contributed by atoms with Gasteiger partial charge in [-0.1, -0.05) is 36.4 Å². The van der Waals surface area contributed by atoms with E-state index in [2.05, 4.69) is 71.6 Å². The Morgan fingerprint density at radius 2 is 1.94 bits per heavy atom. The number of fused-ring (bicyclic) bond motifs is 3. The highest BCUT2D eigenvalue weighted by atomic mass is 19.1. The summed E-state index contributed by atoms with van der Waals surface area (Å²) in [5.41, 5.74) is 10.8. The average Bonchev–Trinajstić information content (AvgIpc) is 3.36. The van der Waals surface area contributed by atoms with Gasteiger partial charge in [0.15, 0.2) is 0 Å². The highest BCUT2D eigenvalue weighted by Crippen LogP contribution is 2.65. The molecule has 0 bridgehead atoms. The molecule has 3 N–H and O–H groups in total. The fourth-order valence-electron chi connectivity index (χ4n) is 6.78. The lowest BCUT2D eigenvalue weighted by Gasteiger charge is -2.33. The number of carbonyl (C=O) groups is 1. The van der Waals surface area contributed by atoms with Crippen molar-refractivity contribution >= 4 is 17.7 Å². The normalized spacial score (nSPS) is 34.0. The number of hydrogen-bond donors (Lipinski definition) is 3. The molecular weight excluding hydrogens is 427 g/mol. The molecule has 2 aromatic rings. The molecule has 2 aliphatic carbocycles. The first-order valence-electron chi connectivity index (χ1n) is 12.5. The maximum absolute atomic E-state index is 13.9. The molecule has 2 saturated carbocycles. The van der Waals surface area contributed by atoms with E-state index in [-0.39, 0.29) is 11.7 Å². The van der Waals surface area contributed by atoms with Gasteiger partial charge >= 0.3 is 0 Å². The highest BCUT2D eigenvalue weighted by molar-refractivity contribution is 6.08. The predicted octanol–water partition coefficient (Wildman–Crippen LogP) is 4.07. The molecule has 1 spiro atoms. The summed E-state index contributed by atoms with van der Waals surface area (Å²) in [7, 11) is 4.17. The van der Waals surface area contributed by atoms with Gasteiger partial charge in [0, 0.05) is 24.3 Å². The van der Waals surface area contributed by atoms with E-state index in [0.29, 0.717) is 29.8 Å². The number of benzene rings is 2. The summed E-state index contributed by atoms with van der Waals surface area (Å²) in [6, 6.07) is 14.2. The topological polar surface area (TPSA) is 56.4 Å². The van der Waals surface area contributed by atoms with Crippen LogP contribution in [0.5, 0.6) is 0 Å². The van der Waals surface area contributed by atoms with Crippen LogP contribution in [0, 0.1) is 23.6 Å². The second-order valence-corrected chi connectivity index (χ2v) is 10.9. The minimum Gasteiger partial charge on any atom is -0.325 e. The molecule has 0 aromatic heterocycles. The van der Waals surface area contributed by atoms with Crippen LogP contribution < -0.4 is 16.2 Å². The Balaban J connectivity index is 1.10. The molecule has 34 heavy (non-hydrogen) atoms. The standard InChI is InChI=1S/C28H33FN4O/c1-33(2)16-18-5-3-17(4-6-18)7-11-24-21-10-8-19(13-26(21)32-31-24)23-15-28(23)22-14-20(29)9-12-25(22)30-27(28)34/h3-7,9,11-12,14,19,21,23-24,26,31-32H,8,10,13,15-16H2,1-2H3,(H,30,34)/b11-7+/t19?,21?,23-,24?,26?,28-/m0/s1. The van der Waals surface area contributed by atoms with Crippen LogP contribution in [-0.4, -0.2) is 37.0 Å². The van der Waals surface area contributed by atoms with Gasteiger partial charge in [0.1, 0.15) is 5.82 Å². The molecule has 178 valence electrons. The molecule has 2 heterocycles. The average molecular weight is 461 g/mol. The molecule has 2 aromatic carbocycles. The van der Waals surface area contributed by atoms with Crippen molar-refractivity contribution in [3.05, 3.63) is 71.0 Å². The van der Waals surface area contributed by atoms with Gasteiger partial charge in [-0.15, -0.1) is 0 Å². The molecule has 4 unspecified atom stereocenters. The Hall–Kier alpha value is -2.54. The molecule has 1 amide bonds. The third-order valence-corrected chi connectivity index (χ3v) is 8.51. The van der Waals surface area contributed by atoms with Crippen LogP contribution in [0.2, 0.25) is 0 Å². The second-order valence-electron chi connectivity index (χ2n) is 10.9. The van der Waals surface area contributed by atoms with Crippen LogP contribution in [0.25, 0.3) is 6.08 Å². The minimum atomic E-state index is -0.501. The fraction of sp³-hybridized carbons (Fsp3) is 0.464. The van der Waals surface area contributed by atoms with E-state index in [1.807, 2.05) is 0 Å². The predicted molar refractivity (Wildman–Crippen MR) is 132 cm³/mol. The number of carbonyl (C=O) groups excluding carboxylic acids is 1. The summed E-state index contributed by atoms with van der Waals surface area (Å²) >= 11 is 0. The quantitative estimate of drug-likeness (QED) is 0.630. The maximum Gasteiger partial charge on any atom is 0.235 e. The number of amides is 1. The van der Waals surface area contributed by atoms with E-state index in [1.54, 1.807) is 12.1 Å². The van der Waals surface area contributed by atoms with Crippen molar-refractivity contribution in [1.29, 1.82) is 0 Å². The van der Waals surface area contributed by atoms with E-state index in [0.717, 1.165) is 43.5 Å². The molecule has 1 saturated heterocycles. The third-order valence-electron chi connectivity index (χ3n) is 8.51. The Labute approximate surface area is 200 Å². The number of nitrogens with zero attached hydrogens (tertiary/aromatic N) is 1. The van der Waals surface area contributed by atoms with Gasteiger partial charge < -0.3 is 10.2 Å². The van der Waals surface area contributed by atoms with Crippen molar-refractivity contribution in [2.24, 2.45) is 17.8 Å². The number of halogens is 1. The van der Waals surface area contributed by atoms with E-state index in [1.165, 1.54) is 17.2 Å².